The van der Waals surface area contributed by atoms with Crippen LogP contribution in [0.3, 0.4) is 0 Å². The van der Waals surface area contributed by atoms with Gasteiger partial charge in [-0.3, -0.25) is 9.69 Å². The quantitative estimate of drug-likeness (QED) is 0.426. The molecule has 0 bridgehead atoms. The predicted octanol–water partition coefficient (Wildman–Crippen LogP) is 5.16. The van der Waals surface area contributed by atoms with Crippen molar-refractivity contribution in [1.29, 1.82) is 0 Å². The number of thiazole rings is 1. The smallest absolute Gasteiger partial charge is 0.295 e. The molecule has 1 amide bonds. The van der Waals surface area contributed by atoms with Gasteiger partial charge < -0.3 is 13.9 Å². The lowest BCUT2D eigenvalue weighted by molar-refractivity contribution is 0.0896. The van der Waals surface area contributed by atoms with Crippen molar-refractivity contribution >= 4 is 43.6 Å². The Hall–Kier alpha value is -3.04. The summed E-state index contributed by atoms with van der Waals surface area (Å²) in [5.74, 6) is -1.28. The van der Waals surface area contributed by atoms with E-state index in [1.807, 2.05) is 6.07 Å². The van der Waals surface area contributed by atoms with Gasteiger partial charge >= 0.3 is 0 Å². The highest BCUT2D eigenvalue weighted by Crippen LogP contribution is 2.34. The molecule has 1 saturated heterocycles. The molecule has 6 nitrogen and oxygen atoms in total. The van der Waals surface area contributed by atoms with Crippen LogP contribution in [0.5, 0.6) is 5.75 Å². The van der Waals surface area contributed by atoms with Crippen molar-refractivity contribution in [3.63, 3.8) is 0 Å². The van der Waals surface area contributed by atoms with E-state index in [1.165, 1.54) is 18.1 Å². The molecular formula is C22H18F2N2O4S. The number of benzene rings is 2. The maximum atomic E-state index is 14.2. The van der Waals surface area contributed by atoms with E-state index in [0.29, 0.717) is 22.6 Å². The first-order valence-corrected chi connectivity index (χ1v) is 10.6. The fourth-order valence-corrected chi connectivity index (χ4v) is 4.75. The Morgan fingerprint density at radius 3 is 2.97 bits per heavy atom. The zero-order valence-electron chi connectivity index (χ0n) is 16.6. The van der Waals surface area contributed by atoms with Crippen LogP contribution in [0.4, 0.5) is 13.9 Å². The van der Waals surface area contributed by atoms with Crippen LogP contribution < -0.4 is 9.64 Å². The van der Waals surface area contributed by atoms with Crippen LogP contribution in [-0.4, -0.2) is 37.3 Å². The summed E-state index contributed by atoms with van der Waals surface area (Å²) in [6.07, 6.45) is 1.52. The van der Waals surface area contributed by atoms with Gasteiger partial charge in [0.15, 0.2) is 28.0 Å². The van der Waals surface area contributed by atoms with Gasteiger partial charge in [0.25, 0.3) is 5.91 Å². The van der Waals surface area contributed by atoms with Crippen LogP contribution in [0.15, 0.2) is 40.8 Å². The molecule has 0 radical (unpaired) electrons. The van der Waals surface area contributed by atoms with Crippen molar-refractivity contribution in [2.45, 2.75) is 18.9 Å². The average molecular weight is 444 g/mol. The third-order valence-electron chi connectivity index (χ3n) is 5.23. The molecule has 160 valence electrons. The molecule has 0 unspecified atom stereocenters. The molecule has 31 heavy (non-hydrogen) atoms. The minimum absolute atomic E-state index is 0.0258. The Morgan fingerprint density at radius 1 is 1.32 bits per heavy atom. The number of halogens is 2. The highest BCUT2D eigenvalue weighted by atomic mass is 32.1. The Kier molecular flexibility index (Phi) is 5.07. The van der Waals surface area contributed by atoms with Gasteiger partial charge in [0, 0.05) is 18.1 Å². The van der Waals surface area contributed by atoms with Gasteiger partial charge in [-0.25, -0.2) is 13.8 Å². The van der Waals surface area contributed by atoms with Gasteiger partial charge in [0.1, 0.15) is 11.3 Å². The fraction of sp³-hybridized carbons (Fsp3) is 0.273. The summed E-state index contributed by atoms with van der Waals surface area (Å²) in [5, 5.41) is 0.976. The van der Waals surface area contributed by atoms with Crippen molar-refractivity contribution in [2.24, 2.45) is 0 Å². The van der Waals surface area contributed by atoms with E-state index < -0.39 is 17.5 Å². The number of fused-ring (bicyclic) bond motifs is 2. The van der Waals surface area contributed by atoms with E-state index >= 15 is 0 Å². The summed E-state index contributed by atoms with van der Waals surface area (Å²) in [6.45, 7) is 0.852. The van der Waals surface area contributed by atoms with Crippen LogP contribution in [-0.2, 0) is 4.74 Å². The number of amides is 1. The highest BCUT2D eigenvalue weighted by Gasteiger charge is 2.29. The molecule has 9 heteroatoms. The Balaban J connectivity index is 1.57. The number of furan rings is 1. The second-order valence-electron chi connectivity index (χ2n) is 7.27. The number of nitrogens with zero attached hydrogens (tertiary/aromatic N) is 2. The van der Waals surface area contributed by atoms with Gasteiger partial charge in [0.2, 0.25) is 0 Å². The van der Waals surface area contributed by atoms with Crippen LogP contribution in [0.1, 0.15) is 23.4 Å². The second-order valence-corrected chi connectivity index (χ2v) is 8.28. The monoisotopic (exact) mass is 444 g/mol. The molecule has 2 aromatic heterocycles. The molecule has 1 atom stereocenters. The molecule has 5 rings (SSSR count). The number of anilines is 1. The topological polar surface area (TPSA) is 64.8 Å². The number of para-hydroxylation sites is 1. The lowest BCUT2D eigenvalue weighted by Crippen LogP contribution is -2.37. The molecule has 1 aliphatic heterocycles. The van der Waals surface area contributed by atoms with Crippen LogP contribution >= 0.6 is 11.3 Å². The number of carbonyl (C=O) groups is 1. The summed E-state index contributed by atoms with van der Waals surface area (Å²) >= 11 is 1.05. The lowest BCUT2D eigenvalue weighted by Gasteiger charge is -2.22. The molecule has 0 aliphatic carbocycles. The first kappa shape index (κ1) is 19.9. The number of hydrogen-bond donors (Lipinski definition) is 0. The van der Waals surface area contributed by atoms with Crippen LogP contribution in [0, 0.1) is 11.6 Å². The summed E-state index contributed by atoms with van der Waals surface area (Å²) in [7, 11) is 1.53. The number of ether oxygens (including phenoxy) is 2. The SMILES string of the molecule is COc1cccc2cc(C(=O)N(C[C@@H]3CCCO3)c3nc4c(F)cc(F)cc4s3)oc12. The van der Waals surface area contributed by atoms with Gasteiger partial charge in [-0.05, 0) is 31.0 Å². The van der Waals surface area contributed by atoms with Gasteiger partial charge in [0.05, 0.1) is 24.5 Å². The average Bonchev–Trinajstić information content (AvgIpc) is 3.49. The molecule has 1 fully saturated rings. The number of rotatable bonds is 5. The lowest BCUT2D eigenvalue weighted by atomic mass is 10.2. The van der Waals surface area contributed by atoms with Crippen LogP contribution in [0.25, 0.3) is 21.2 Å². The Labute approximate surface area is 180 Å². The predicted molar refractivity (Wildman–Crippen MR) is 113 cm³/mol. The molecule has 1 aliphatic rings. The van der Waals surface area contributed by atoms with E-state index in [9.17, 15) is 13.6 Å². The highest BCUT2D eigenvalue weighted by molar-refractivity contribution is 7.22. The summed E-state index contributed by atoms with van der Waals surface area (Å²) in [4.78, 5) is 19.2. The molecular weight excluding hydrogens is 426 g/mol. The van der Waals surface area contributed by atoms with E-state index in [4.69, 9.17) is 13.9 Å². The summed E-state index contributed by atoms with van der Waals surface area (Å²) < 4.78 is 45.0. The number of carbonyl (C=O) groups excluding carboxylic acids is 1. The van der Waals surface area contributed by atoms with Crippen LogP contribution in [0.2, 0.25) is 0 Å². The molecule has 2 aromatic carbocycles. The van der Waals surface area contributed by atoms with E-state index in [1.54, 1.807) is 18.2 Å². The molecule has 4 aromatic rings. The van der Waals surface area contributed by atoms with E-state index in [2.05, 4.69) is 4.98 Å². The maximum absolute atomic E-state index is 14.2. The fourth-order valence-electron chi connectivity index (χ4n) is 3.74. The normalized spacial score (nSPS) is 16.3. The van der Waals surface area contributed by atoms with Crippen molar-refractivity contribution in [1.82, 2.24) is 4.98 Å². The maximum Gasteiger partial charge on any atom is 0.295 e. The minimum Gasteiger partial charge on any atom is -0.493 e. The zero-order chi connectivity index (χ0) is 21.5. The molecule has 0 saturated carbocycles. The van der Waals surface area contributed by atoms with Gasteiger partial charge in [-0.15, -0.1) is 0 Å². The van der Waals surface area contributed by atoms with Gasteiger partial charge in [-0.2, -0.15) is 0 Å². The van der Waals surface area contributed by atoms with Crippen molar-refractivity contribution < 1.29 is 27.5 Å². The molecule has 0 N–H and O–H groups in total. The first-order valence-electron chi connectivity index (χ1n) is 9.79. The van der Waals surface area contributed by atoms with Crippen molar-refractivity contribution in [2.75, 3.05) is 25.2 Å². The largest absolute Gasteiger partial charge is 0.493 e. The summed E-state index contributed by atoms with van der Waals surface area (Å²) in [5.41, 5.74) is 0.487. The Bertz CT molecular complexity index is 1280. The van der Waals surface area contributed by atoms with E-state index in [0.717, 1.165) is 35.6 Å². The van der Waals surface area contributed by atoms with Crippen molar-refractivity contribution in [3.05, 3.63) is 53.8 Å². The molecule has 3 heterocycles. The van der Waals surface area contributed by atoms with E-state index in [-0.39, 0.29) is 29.1 Å². The molecule has 0 spiro atoms. The van der Waals surface area contributed by atoms with Gasteiger partial charge in [-0.1, -0.05) is 23.5 Å². The standard InChI is InChI=1S/C22H18F2N2O4S/c1-28-16-6-2-4-12-8-17(30-20(12)16)21(27)26(11-14-5-3-7-29-14)22-25-19-15(24)9-13(23)10-18(19)31-22/h2,4,6,8-10,14H,3,5,7,11H2,1H3/t14-/m0/s1. The number of hydrogen-bond acceptors (Lipinski definition) is 6. The third kappa shape index (κ3) is 3.64. The first-order chi connectivity index (χ1) is 15.0. The third-order valence-corrected chi connectivity index (χ3v) is 6.25. The summed E-state index contributed by atoms with van der Waals surface area (Å²) in [6, 6.07) is 8.99. The van der Waals surface area contributed by atoms with Crippen molar-refractivity contribution in [3.8, 4) is 5.75 Å². The Morgan fingerprint density at radius 2 is 2.19 bits per heavy atom. The number of aromatic nitrogens is 1. The number of methoxy groups -OCH3 is 1. The second kappa shape index (κ2) is 7.90. The minimum atomic E-state index is -0.768. The zero-order valence-corrected chi connectivity index (χ0v) is 17.4.